The van der Waals surface area contributed by atoms with E-state index in [9.17, 15) is 4.39 Å². The smallest absolute Gasteiger partial charge is 0.228 e. The minimum Gasteiger partial charge on any atom is -0.481 e. The van der Waals surface area contributed by atoms with Crippen molar-refractivity contribution < 1.29 is 18.6 Å². The standard InChI is InChI=1S/C18H21FN4O3/c1-24-17-5-6-20-18(22-17)23-8-15-16(9-23)26-11-14(10-25-15)21-13-4-2-3-12(19)7-13/h2-7,14-16,21H,8-11H2,1H3/t15-,16-/m0/s1. The van der Waals surface area contributed by atoms with Crippen molar-refractivity contribution in [3.63, 3.8) is 0 Å². The van der Waals surface area contributed by atoms with Gasteiger partial charge in [-0.15, -0.1) is 0 Å². The summed E-state index contributed by atoms with van der Waals surface area (Å²) < 4.78 is 30.6. The number of rotatable bonds is 4. The van der Waals surface area contributed by atoms with Crippen molar-refractivity contribution in [3.05, 3.63) is 42.3 Å². The third kappa shape index (κ3) is 3.71. The maximum Gasteiger partial charge on any atom is 0.228 e. The minimum atomic E-state index is -0.267. The SMILES string of the molecule is COc1ccnc(N2C[C@@H]3OCC(Nc4cccc(F)c4)CO[C@H]3C2)n1. The molecule has 0 bridgehead atoms. The fourth-order valence-electron chi connectivity index (χ4n) is 3.25. The Labute approximate surface area is 151 Å². The van der Waals surface area contributed by atoms with Crippen LogP contribution in [-0.4, -0.2) is 61.6 Å². The molecule has 2 saturated heterocycles. The Balaban J connectivity index is 1.36. The van der Waals surface area contributed by atoms with Gasteiger partial charge in [-0.05, 0) is 18.2 Å². The van der Waals surface area contributed by atoms with Gasteiger partial charge in [-0.3, -0.25) is 0 Å². The highest BCUT2D eigenvalue weighted by Crippen LogP contribution is 2.25. The number of nitrogens with zero attached hydrogens (tertiary/aromatic N) is 3. The number of benzene rings is 1. The molecule has 8 heteroatoms. The first-order valence-corrected chi connectivity index (χ1v) is 8.58. The van der Waals surface area contributed by atoms with Gasteiger partial charge in [0.2, 0.25) is 11.8 Å². The number of fused-ring (bicyclic) bond motifs is 1. The zero-order valence-electron chi connectivity index (χ0n) is 14.5. The lowest BCUT2D eigenvalue weighted by Crippen LogP contribution is -2.31. The van der Waals surface area contributed by atoms with Crippen molar-refractivity contribution in [2.45, 2.75) is 18.2 Å². The molecule has 1 N–H and O–H groups in total. The lowest BCUT2D eigenvalue weighted by molar-refractivity contribution is -0.00461. The maximum atomic E-state index is 13.3. The fraction of sp³-hybridized carbons (Fsp3) is 0.444. The highest BCUT2D eigenvalue weighted by molar-refractivity contribution is 5.44. The van der Waals surface area contributed by atoms with Crippen LogP contribution < -0.4 is 15.0 Å². The predicted octanol–water partition coefficient (Wildman–Crippen LogP) is 1.71. The molecule has 0 aliphatic carbocycles. The highest BCUT2D eigenvalue weighted by atomic mass is 19.1. The average molecular weight is 360 g/mol. The van der Waals surface area contributed by atoms with Crippen molar-refractivity contribution >= 4 is 11.6 Å². The van der Waals surface area contributed by atoms with E-state index in [-0.39, 0.29) is 24.1 Å². The molecule has 0 spiro atoms. The topological polar surface area (TPSA) is 68.7 Å². The third-order valence-corrected chi connectivity index (χ3v) is 4.54. The van der Waals surface area contributed by atoms with Crippen LogP contribution in [0.15, 0.2) is 36.5 Å². The number of halogens is 1. The summed E-state index contributed by atoms with van der Waals surface area (Å²) >= 11 is 0. The number of methoxy groups -OCH3 is 1. The molecule has 3 heterocycles. The molecular weight excluding hydrogens is 339 g/mol. The van der Waals surface area contributed by atoms with Crippen molar-refractivity contribution in [2.75, 3.05) is 43.6 Å². The van der Waals surface area contributed by atoms with E-state index in [0.717, 1.165) is 5.69 Å². The summed E-state index contributed by atoms with van der Waals surface area (Å²) in [6, 6.07) is 8.09. The maximum absolute atomic E-state index is 13.3. The summed E-state index contributed by atoms with van der Waals surface area (Å²) in [5.74, 6) is 0.874. The molecule has 0 radical (unpaired) electrons. The Kier molecular flexibility index (Phi) is 4.85. The van der Waals surface area contributed by atoms with Gasteiger partial charge in [0, 0.05) is 31.0 Å². The first kappa shape index (κ1) is 17.0. The zero-order chi connectivity index (χ0) is 17.9. The molecule has 0 saturated carbocycles. The summed E-state index contributed by atoms with van der Waals surface area (Å²) in [6.45, 7) is 2.30. The first-order valence-electron chi connectivity index (χ1n) is 8.58. The van der Waals surface area contributed by atoms with E-state index in [2.05, 4.69) is 15.3 Å². The molecular formula is C18H21FN4O3. The summed E-state index contributed by atoms with van der Waals surface area (Å²) in [5.41, 5.74) is 0.723. The number of hydrogen-bond donors (Lipinski definition) is 1. The van der Waals surface area contributed by atoms with E-state index in [4.69, 9.17) is 14.2 Å². The second-order valence-electron chi connectivity index (χ2n) is 6.40. The molecule has 2 aliphatic heterocycles. The Morgan fingerprint density at radius 1 is 1.19 bits per heavy atom. The second-order valence-corrected chi connectivity index (χ2v) is 6.40. The van der Waals surface area contributed by atoms with Gasteiger partial charge < -0.3 is 24.4 Å². The largest absolute Gasteiger partial charge is 0.481 e. The van der Waals surface area contributed by atoms with Crippen LogP contribution in [0.3, 0.4) is 0 Å². The Morgan fingerprint density at radius 2 is 1.96 bits per heavy atom. The van der Waals surface area contributed by atoms with Crippen LogP contribution >= 0.6 is 0 Å². The van der Waals surface area contributed by atoms with Crippen molar-refractivity contribution in [1.29, 1.82) is 0 Å². The quantitative estimate of drug-likeness (QED) is 0.890. The van der Waals surface area contributed by atoms with Crippen LogP contribution in [0.2, 0.25) is 0 Å². The van der Waals surface area contributed by atoms with E-state index >= 15 is 0 Å². The Morgan fingerprint density at radius 3 is 2.65 bits per heavy atom. The molecule has 2 atom stereocenters. The van der Waals surface area contributed by atoms with Crippen molar-refractivity contribution in [3.8, 4) is 5.88 Å². The van der Waals surface area contributed by atoms with Crippen LogP contribution in [0.4, 0.5) is 16.0 Å². The van der Waals surface area contributed by atoms with Gasteiger partial charge in [0.1, 0.15) is 18.0 Å². The molecule has 26 heavy (non-hydrogen) atoms. The third-order valence-electron chi connectivity index (χ3n) is 4.54. The second kappa shape index (κ2) is 7.43. The van der Waals surface area contributed by atoms with Gasteiger partial charge in [-0.1, -0.05) is 6.07 Å². The van der Waals surface area contributed by atoms with Crippen LogP contribution in [0.25, 0.3) is 0 Å². The van der Waals surface area contributed by atoms with E-state index in [1.165, 1.54) is 12.1 Å². The Bertz CT molecular complexity index is 747. The van der Waals surface area contributed by atoms with Crippen LogP contribution in [0.1, 0.15) is 0 Å². The molecule has 4 rings (SSSR count). The number of anilines is 2. The fourth-order valence-corrected chi connectivity index (χ4v) is 3.25. The molecule has 2 aliphatic rings. The van der Waals surface area contributed by atoms with Gasteiger partial charge in [0.25, 0.3) is 0 Å². The first-order chi connectivity index (χ1) is 12.7. The minimum absolute atomic E-state index is 0.0241. The summed E-state index contributed by atoms with van der Waals surface area (Å²) in [5, 5.41) is 3.26. The number of aromatic nitrogens is 2. The molecule has 7 nitrogen and oxygen atoms in total. The Hall–Kier alpha value is -2.45. The van der Waals surface area contributed by atoms with E-state index in [1.807, 2.05) is 11.0 Å². The molecule has 0 amide bonds. The van der Waals surface area contributed by atoms with Gasteiger partial charge in [-0.2, -0.15) is 4.98 Å². The molecule has 2 aromatic rings. The van der Waals surface area contributed by atoms with E-state index < -0.39 is 0 Å². The van der Waals surface area contributed by atoms with Crippen LogP contribution in [-0.2, 0) is 9.47 Å². The average Bonchev–Trinajstić information content (AvgIpc) is 2.98. The van der Waals surface area contributed by atoms with Crippen LogP contribution in [0.5, 0.6) is 5.88 Å². The lowest BCUT2D eigenvalue weighted by atomic mass is 10.2. The van der Waals surface area contributed by atoms with Crippen molar-refractivity contribution in [1.82, 2.24) is 9.97 Å². The monoisotopic (exact) mass is 360 g/mol. The summed E-state index contributed by atoms with van der Waals surface area (Å²) in [4.78, 5) is 10.7. The number of nitrogens with one attached hydrogen (secondary N) is 1. The molecule has 2 fully saturated rings. The van der Waals surface area contributed by atoms with Gasteiger partial charge in [-0.25, -0.2) is 9.37 Å². The lowest BCUT2D eigenvalue weighted by Gasteiger charge is -2.20. The summed E-state index contributed by atoms with van der Waals surface area (Å²) in [6.07, 6.45) is 1.57. The van der Waals surface area contributed by atoms with Crippen molar-refractivity contribution in [2.24, 2.45) is 0 Å². The normalized spacial score (nSPS) is 23.4. The number of hydrogen-bond acceptors (Lipinski definition) is 7. The number of ether oxygens (including phenoxy) is 3. The van der Waals surface area contributed by atoms with E-state index in [1.54, 1.807) is 25.4 Å². The molecule has 0 unspecified atom stereocenters. The highest BCUT2D eigenvalue weighted by Gasteiger charge is 2.38. The van der Waals surface area contributed by atoms with Gasteiger partial charge in [0.15, 0.2) is 0 Å². The predicted molar refractivity (Wildman–Crippen MR) is 94.1 cm³/mol. The molecule has 138 valence electrons. The zero-order valence-corrected chi connectivity index (χ0v) is 14.5. The molecule has 1 aromatic heterocycles. The van der Waals surface area contributed by atoms with Crippen LogP contribution in [0, 0.1) is 5.82 Å². The van der Waals surface area contributed by atoms with Gasteiger partial charge in [0.05, 0.1) is 26.4 Å². The molecule has 1 aromatic carbocycles. The van der Waals surface area contributed by atoms with E-state index in [0.29, 0.717) is 38.1 Å². The summed E-state index contributed by atoms with van der Waals surface area (Å²) in [7, 11) is 1.58. The van der Waals surface area contributed by atoms with Gasteiger partial charge >= 0.3 is 0 Å².